The van der Waals surface area contributed by atoms with Crippen LogP contribution in [0.5, 0.6) is 0 Å². The number of amides is 2. The largest absolute Gasteiger partial charge is 0.350 e. The molecular formula is C15H25ClN4O4S. The van der Waals surface area contributed by atoms with Gasteiger partial charge < -0.3 is 16.4 Å². The van der Waals surface area contributed by atoms with Gasteiger partial charge in [-0.1, -0.05) is 26.0 Å². The highest BCUT2D eigenvalue weighted by Gasteiger charge is 2.17. The molecule has 2 amide bonds. The summed E-state index contributed by atoms with van der Waals surface area (Å²) in [4.78, 5) is 23.4. The topological polar surface area (TPSA) is 130 Å². The van der Waals surface area contributed by atoms with Crippen molar-refractivity contribution in [1.82, 2.24) is 10.6 Å². The number of benzene rings is 1. The number of carbonyl (C=O) groups excluding carboxylic acids is 2. The van der Waals surface area contributed by atoms with Crippen molar-refractivity contribution in [3.8, 4) is 0 Å². The van der Waals surface area contributed by atoms with E-state index < -0.39 is 16.1 Å². The molecule has 1 aromatic carbocycles. The Labute approximate surface area is 154 Å². The first-order valence-electron chi connectivity index (χ1n) is 7.45. The summed E-state index contributed by atoms with van der Waals surface area (Å²) in [6.07, 6.45) is 1.06. The van der Waals surface area contributed by atoms with Gasteiger partial charge in [-0.3, -0.25) is 14.3 Å². The molecule has 0 saturated carbocycles. The number of rotatable bonds is 8. The van der Waals surface area contributed by atoms with E-state index in [2.05, 4.69) is 15.4 Å². The summed E-state index contributed by atoms with van der Waals surface area (Å²) in [6, 6.07) is 6.00. The average Bonchev–Trinajstić information content (AvgIpc) is 2.48. The Hall–Kier alpha value is -1.84. The number of nitrogens with one attached hydrogen (secondary N) is 3. The fourth-order valence-corrected chi connectivity index (χ4v) is 2.37. The highest BCUT2D eigenvalue weighted by molar-refractivity contribution is 7.92. The molecule has 0 aromatic heterocycles. The van der Waals surface area contributed by atoms with Crippen LogP contribution in [0.2, 0.25) is 0 Å². The van der Waals surface area contributed by atoms with Gasteiger partial charge >= 0.3 is 0 Å². The lowest BCUT2D eigenvalue weighted by Crippen LogP contribution is -2.47. The van der Waals surface area contributed by atoms with Crippen molar-refractivity contribution in [1.29, 1.82) is 0 Å². The number of hydrogen-bond acceptors (Lipinski definition) is 5. The van der Waals surface area contributed by atoms with Gasteiger partial charge in [-0.25, -0.2) is 8.42 Å². The lowest BCUT2D eigenvalue weighted by Gasteiger charge is -2.15. The second kappa shape index (κ2) is 10.2. The number of halogens is 1. The van der Waals surface area contributed by atoms with Crippen molar-refractivity contribution in [3.05, 3.63) is 29.8 Å². The molecule has 0 radical (unpaired) electrons. The molecule has 0 unspecified atom stereocenters. The van der Waals surface area contributed by atoms with E-state index in [-0.39, 0.29) is 43.2 Å². The molecule has 1 rings (SSSR count). The van der Waals surface area contributed by atoms with E-state index in [9.17, 15) is 18.0 Å². The van der Waals surface area contributed by atoms with Crippen LogP contribution in [0.4, 0.5) is 5.69 Å². The second-order valence-electron chi connectivity index (χ2n) is 5.84. The second-order valence-corrected chi connectivity index (χ2v) is 7.59. The lowest BCUT2D eigenvalue weighted by molar-refractivity contribution is -0.127. The van der Waals surface area contributed by atoms with E-state index in [1.807, 2.05) is 13.8 Å². The molecule has 0 aliphatic rings. The number of nitrogens with two attached hydrogens (primary N) is 1. The highest BCUT2D eigenvalue weighted by Crippen LogP contribution is 2.11. The summed E-state index contributed by atoms with van der Waals surface area (Å²) in [5, 5.41) is 5.12. The third kappa shape index (κ3) is 9.28. The minimum absolute atomic E-state index is 0. The Bertz CT molecular complexity index is 695. The maximum Gasteiger partial charge on any atom is 0.239 e. The summed E-state index contributed by atoms with van der Waals surface area (Å²) in [6.45, 7) is 3.69. The molecule has 25 heavy (non-hydrogen) atoms. The van der Waals surface area contributed by atoms with Crippen molar-refractivity contribution >= 4 is 39.9 Å². The first-order valence-corrected chi connectivity index (χ1v) is 9.34. The van der Waals surface area contributed by atoms with Gasteiger partial charge in [-0.05, 0) is 23.6 Å². The maximum atomic E-state index is 11.7. The van der Waals surface area contributed by atoms with Crippen molar-refractivity contribution in [2.24, 2.45) is 11.7 Å². The zero-order chi connectivity index (χ0) is 18.3. The fourth-order valence-electron chi connectivity index (χ4n) is 1.81. The van der Waals surface area contributed by atoms with E-state index in [1.165, 1.54) is 0 Å². The number of anilines is 1. The van der Waals surface area contributed by atoms with Gasteiger partial charge in [-0.15, -0.1) is 12.4 Å². The molecule has 0 saturated heterocycles. The van der Waals surface area contributed by atoms with Crippen LogP contribution >= 0.6 is 12.4 Å². The van der Waals surface area contributed by atoms with Gasteiger partial charge in [0.05, 0.1) is 18.8 Å². The molecule has 5 N–H and O–H groups in total. The van der Waals surface area contributed by atoms with Crippen LogP contribution in [0.3, 0.4) is 0 Å². The Balaban J connectivity index is 0.00000576. The molecule has 142 valence electrons. The van der Waals surface area contributed by atoms with Crippen molar-refractivity contribution < 1.29 is 18.0 Å². The fraction of sp³-hybridized carbons (Fsp3) is 0.467. The van der Waals surface area contributed by atoms with Crippen molar-refractivity contribution in [2.75, 3.05) is 17.5 Å². The van der Waals surface area contributed by atoms with Crippen molar-refractivity contribution in [3.63, 3.8) is 0 Å². The van der Waals surface area contributed by atoms with Crippen LogP contribution in [-0.2, 0) is 26.2 Å². The minimum Gasteiger partial charge on any atom is -0.350 e. The molecule has 1 aromatic rings. The molecule has 8 nitrogen and oxygen atoms in total. The molecule has 0 aliphatic carbocycles. The summed E-state index contributed by atoms with van der Waals surface area (Å²) in [5.41, 5.74) is 6.82. The Kier molecular flexibility index (Phi) is 9.47. The van der Waals surface area contributed by atoms with E-state index in [0.29, 0.717) is 5.69 Å². The van der Waals surface area contributed by atoms with E-state index in [0.717, 1.165) is 11.8 Å². The van der Waals surface area contributed by atoms with Crippen LogP contribution in [0.1, 0.15) is 19.4 Å². The van der Waals surface area contributed by atoms with E-state index in [4.69, 9.17) is 5.73 Å². The lowest BCUT2D eigenvalue weighted by atomic mass is 10.1. The molecule has 0 spiro atoms. The molecule has 0 heterocycles. The summed E-state index contributed by atoms with van der Waals surface area (Å²) < 4.78 is 24.8. The Morgan fingerprint density at radius 1 is 1.20 bits per heavy atom. The van der Waals surface area contributed by atoms with E-state index in [1.54, 1.807) is 24.3 Å². The molecule has 0 bridgehead atoms. The van der Waals surface area contributed by atoms with Gasteiger partial charge in [0.2, 0.25) is 21.8 Å². The van der Waals surface area contributed by atoms with Gasteiger partial charge in [0.15, 0.2) is 0 Å². The third-order valence-electron chi connectivity index (χ3n) is 3.16. The third-order valence-corrected chi connectivity index (χ3v) is 3.77. The van der Waals surface area contributed by atoms with E-state index >= 15 is 0 Å². The summed E-state index contributed by atoms with van der Waals surface area (Å²) >= 11 is 0. The monoisotopic (exact) mass is 392 g/mol. The molecule has 1 atom stereocenters. The predicted octanol–water partition coefficient (Wildman–Crippen LogP) is 0.196. The van der Waals surface area contributed by atoms with Gasteiger partial charge in [-0.2, -0.15) is 0 Å². The molecule has 10 heteroatoms. The van der Waals surface area contributed by atoms with Crippen LogP contribution in [0.15, 0.2) is 24.3 Å². The first kappa shape index (κ1) is 23.2. The zero-order valence-electron chi connectivity index (χ0n) is 14.4. The highest BCUT2D eigenvalue weighted by atomic mass is 35.5. The quantitative estimate of drug-likeness (QED) is 0.502. The average molecular weight is 393 g/mol. The van der Waals surface area contributed by atoms with Crippen LogP contribution in [0, 0.1) is 5.92 Å². The molecule has 0 fully saturated rings. The van der Waals surface area contributed by atoms with Gasteiger partial charge in [0.25, 0.3) is 0 Å². The number of carbonyl (C=O) groups is 2. The normalized spacial score (nSPS) is 12.0. The molecule has 0 aliphatic heterocycles. The maximum absolute atomic E-state index is 11.7. The number of sulfonamides is 1. The minimum atomic E-state index is -3.36. The van der Waals surface area contributed by atoms with Crippen molar-refractivity contribution in [2.45, 2.75) is 26.4 Å². The van der Waals surface area contributed by atoms with Crippen LogP contribution in [0.25, 0.3) is 0 Å². The Morgan fingerprint density at radius 2 is 1.84 bits per heavy atom. The van der Waals surface area contributed by atoms with Crippen LogP contribution < -0.4 is 21.1 Å². The summed E-state index contributed by atoms with van der Waals surface area (Å²) in [5.74, 6) is -0.751. The predicted molar refractivity (Wildman–Crippen MR) is 99.8 cm³/mol. The summed E-state index contributed by atoms with van der Waals surface area (Å²) in [7, 11) is -3.36. The molecular weight excluding hydrogens is 368 g/mol. The van der Waals surface area contributed by atoms with Gasteiger partial charge in [0.1, 0.15) is 0 Å². The number of hydrogen-bond donors (Lipinski definition) is 4. The zero-order valence-corrected chi connectivity index (χ0v) is 16.0. The van der Waals surface area contributed by atoms with Crippen LogP contribution in [-0.4, -0.2) is 39.1 Å². The SMILES string of the molecule is CC(C)[C@H](N)C(=O)NCC(=O)NCc1cccc(NS(C)(=O)=O)c1.Cl. The first-order chi connectivity index (χ1) is 11.1. The van der Waals surface area contributed by atoms with Gasteiger partial charge in [0, 0.05) is 12.2 Å². The smallest absolute Gasteiger partial charge is 0.239 e. The Morgan fingerprint density at radius 3 is 2.40 bits per heavy atom. The standard InChI is InChI=1S/C15H24N4O4S.ClH/c1-10(2)14(16)15(21)18-9-13(20)17-8-11-5-4-6-12(7-11)19-24(3,22)23;/h4-7,10,14,19H,8-9,16H2,1-3H3,(H,17,20)(H,18,21);1H/t14-;/m0./s1.